The standard InChI is InChI=1S/C12H13FO3/c13-10-3-1-9(2-4-10)7-11(14)12-8-15-5-6-16-12/h1-4,12H,5-8H2. The van der Waals surface area contributed by atoms with E-state index in [1.54, 1.807) is 12.1 Å². The van der Waals surface area contributed by atoms with Gasteiger partial charge in [0.2, 0.25) is 0 Å². The summed E-state index contributed by atoms with van der Waals surface area (Å²) in [6.07, 6.45) is -0.215. The van der Waals surface area contributed by atoms with Crippen LogP contribution in [0.2, 0.25) is 0 Å². The molecule has 0 aromatic heterocycles. The lowest BCUT2D eigenvalue weighted by atomic mass is 10.1. The van der Waals surface area contributed by atoms with Gasteiger partial charge in [-0.25, -0.2) is 4.39 Å². The maximum absolute atomic E-state index is 12.6. The number of carbonyl (C=O) groups is 1. The van der Waals surface area contributed by atoms with Gasteiger partial charge in [0, 0.05) is 6.42 Å². The summed E-state index contributed by atoms with van der Waals surface area (Å²) in [5, 5.41) is 0. The molecule has 1 atom stereocenters. The predicted octanol–water partition coefficient (Wildman–Crippen LogP) is 1.35. The van der Waals surface area contributed by atoms with Gasteiger partial charge in [-0.1, -0.05) is 12.1 Å². The van der Waals surface area contributed by atoms with Crippen molar-refractivity contribution in [1.82, 2.24) is 0 Å². The van der Waals surface area contributed by atoms with Gasteiger partial charge >= 0.3 is 0 Å². The van der Waals surface area contributed by atoms with E-state index in [1.165, 1.54) is 12.1 Å². The second-order valence-corrected chi connectivity index (χ2v) is 3.70. The molecule has 0 bridgehead atoms. The van der Waals surface area contributed by atoms with Gasteiger partial charge in [-0.05, 0) is 17.7 Å². The van der Waals surface area contributed by atoms with Crippen LogP contribution in [0.25, 0.3) is 0 Å². The van der Waals surface area contributed by atoms with Crippen LogP contribution in [0.3, 0.4) is 0 Å². The van der Waals surface area contributed by atoms with Gasteiger partial charge < -0.3 is 9.47 Å². The fourth-order valence-corrected chi connectivity index (χ4v) is 1.59. The van der Waals surface area contributed by atoms with Gasteiger partial charge in [-0.2, -0.15) is 0 Å². The largest absolute Gasteiger partial charge is 0.376 e. The van der Waals surface area contributed by atoms with Crippen molar-refractivity contribution >= 4 is 5.78 Å². The molecule has 0 saturated carbocycles. The van der Waals surface area contributed by atoms with Crippen LogP contribution >= 0.6 is 0 Å². The maximum atomic E-state index is 12.6. The van der Waals surface area contributed by atoms with Gasteiger partial charge in [0.05, 0.1) is 19.8 Å². The number of halogens is 1. The normalized spacial score (nSPS) is 20.7. The summed E-state index contributed by atoms with van der Waals surface area (Å²) in [6, 6.07) is 5.91. The Labute approximate surface area is 93.2 Å². The van der Waals surface area contributed by atoms with Crippen LogP contribution < -0.4 is 0 Å². The van der Waals surface area contributed by atoms with Crippen molar-refractivity contribution in [3.05, 3.63) is 35.6 Å². The number of rotatable bonds is 3. The maximum Gasteiger partial charge on any atom is 0.168 e. The second-order valence-electron chi connectivity index (χ2n) is 3.70. The van der Waals surface area contributed by atoms with Crippen molar-refractivity contribution in [3.63, 3.8) is 0 Å². The first-order valence-electron chi connectivity index (χ1n) is 5.22. The molecule has 0 aliphatic carbocycles. The quantitative estimate of drug-likeness (QED) is 0.777. The summed E-state index contributed by atoms with van der Waals surface area (Å²) >= 11 is 0. The number of ether oxygens (including phenoxy) is 2. The molecule has 1 aliphatic rings. The summed E-state index contributed by atoms with van der Waals surface area (Å²) < 4.78 is 23.1. The van der Waals surface area contributed by atoms with Crippen LogP contribution in [-0.2, 0) is 20.7 Å². The molecule has 1 heterocycles. The van der Waals surface area contributed by atoms with E-state index in [1.807, 2.05) is 0 Å². The Balaban J connectivity index is 1.93. The fraction of sp³-hybridized carbons (Fsp3) is 0.417. The van der Waals surface area contributed by atoms with E-state index >= 15 is 0 Å². The molecule has 1 saturated heterocycles. The minimum atomic E-state index is -0.473. The first-order chi connectivity index (χ1) is 7.75. The lowest BCUT2D eigenvalue weighted by molar-refractivity contribution is -0.144. The van der Waals surface area contributed by atoms with Gasteiger partial charge in [-0.3, -0.25) is 4.79 Å². The van der Waals surface area contributed by atoms with E-state index in [0.717, 1.165) is 5.56 Å². The Morgan fingerprint density at radius 1 is 1.31 bits per heavy atom. The third-order valence-electron chi connectivity index (χ3n) is 2.47. The van der Waals surface area contributed by atoms with Gasteiger partial charge in [0.15, 0.2) is 5.78 Å². The highest BCUT2D eigenvalue weighted by atomic mass is 19.1. The third-order valence-corrected chi connectivity index (χ3v) is 2.47. The molecular formula is C12H13FO3. The molecular weight excluding hydrogens is 211 g/mol. The van der Waals surface area contributed by atoms with Crippen LogP contribution in [0.5, 0.6) is 0 Å². The molecule has 2 rings (SSSR count). The highest BCUT2D eigenvalue weighted by molar-refractivity contribution is 5.85. The Morgan fingerprint density at radius 2 is 2.06 bits per heavy atom. The summed E-state index contributed by atoms with van der Waals surface area (Å²) in [5.41, 5.74) is 0.792. The van der Waals surface area contributed by atoms with Crippen molar-refractivity contribution in [2.24, 2.45) is 0 Å². The highest BCUT2D eigenvalue weighted by Gasteiger charge is 2.22. The number of hydrogen-bond donors (Lipinski definition) is 0. The zero-order chi connectivity index (χ0) is 11.4. The molecule has 1 unspecified atom stereocenters. The van der Waals surface area contributed by atoms with Gasteiger partial charge in [-0.15, -0.1) is 0 Å². The summed E-state index contributed by atoms with van der Waals surface area (Å²) in [7, 11) is 0. The minimum Gasteiger partial charge on any atom is -0.376 e. The van der Waals surface area contributed by atoms with E-state index in [4.69, 9.17) is 9.47 Å². The first-order valence-corrected chi connectivity index (χ1v) is 5.22. The Bertz CT molecular complexity index is 355. The SMILES string of the molecule is O=C(Cc1ccc(F)cc1)C1COCCO1. The summed E-state index contributed by atoms with van der Waals surface area (Å²) in [4.78, 5) is 11.8. The molecule has 0 spiro atoms. The molecule has 1 aromatic rings. The van der Waals surface area contributed by atoms with Crippen LogP contribution in [0, 0.1) is 5.82 Å². The monoisotopic (exact) mass is 224 g/mol. The average molecular weight is 224 g/mol. The Kier molecular flexibility index (Phi) is 3.64. The van der Waals surface area contributed by atoms with Gasteiger partial charge in [0.1, 0.15) is 11.9 Å². The molecule has 0 radical (unpaired) electrons. The van der Waals surface area contributed by atoms with E-state index in [9.17, 15) is 9.18 Å². The Morgan fingerprint density at radius 3 is 2.69 bits per heavy atom. The average Bonchev–Trinajstić information content (AvgIpc) is 2.33. The molecule has 0 N–H and O–H groups in total. The number of Topliss-reactive ketones (excluding diaryl/α,β-unsaturated/α-hetero) is 1. The summed E-state index contributed by atoms with van der Waals surface area (Å²) in [6.45, 7) is 1.32. The molecule has 3 nitrogen and oxygen atoms in total. The second kappa shape index (κ2) is 5.18. The minimum absolute atomic E-state index is 0.0219. The van der Waals surface area contributed by atoms with Crippen LogP contribution in [-0.4, -0.2) is 31.7 Å². The molecule has 1 aromatic carbocycles. The zero-order valence-electron chi connectivity index (χ0n) is 8.82. The number of benzene rings is 1. The molecule has 0 amide bonds. The Hall–Kier alpha value is -1.26. The van der Waals surface area contributed by atoms with Crippen LogP contribution in [0.15, 0.2) is 24.3 Å². The fourth-order valence-electron chi connectivity index (χ4n) is 1.59. The van der Waals surface area contributed by atoms with Crippen LogP contribution in [0.1, 0.15) is 5.56 Å². The molecule has 4 heteroatoms. The number of carbonyl (C=O) groups excluding carboxylic acids is 1. The smallest absolute Gasteiger partial charge is 0.168 e. The topological polar surface area (TPSA) is 35.5 Å². The van der Waals surface area contributed by atoms with E-state index in [2.05, 4.69) is 0 Å². The lowest BCUT2D eigenvalue weighted by Gasteiger charge is -2.21. The van der Waals surface area contributed by atoms with Crippen molar-refractivity contribution in [2.75, 3.05) is 19.8 Å². The first kappa shape index (κ1) is 11.2. The number of hydrogen-bond acceptors (Lipinski definition) is 3. The van der Waals surface area contributed by atoms with Crippen molar-refractivity contribution < 1.29 is 18.7 Å². The molecule has 1 fully saturated rings. The number of ketones is 1. The summed E-state index contributed by atoms with van der Waals surface area (Å²) in [5.74, 6) is -0.320. The predicted molar refractivity (Wildman–Crippen MR) is 55.7 cm³/mol. The van der Waals surface area contributed by atoms with Crippen molar-refractivity contribution in [1.29, 1.82) is 0 Å². The molecule has 16 heavy (non-hydrogen) atoms. The van der Waals surface area contributed by atoms with Gasteiger partial charge in [0.25, 0.3) is 0 Å². The van der Waals surface area contributed by atoms with Crippen LogP contribution in [0.4, 0.5) is 4.39 Å². The molecule has 86 valence electrons. The highest BCUT2D eigenvalue weighted by Crippen LogP contribution is 2.08. The third kappa shape index (κ3) is 2.87. The van der Waals surface area contributed by atoms with Crippen molar-refractivity contribution in [3.8, 4) is 0 Å². The van der Waals surface area contributed by atoms with E-state index in [0.29, 0.717) is 19.8 Å². The lowest BCUT2D eigenvalue weighted by Crippen LogP contribution is -2.36. The molecule has 1 aliphatic heterocycles. The van der Waals surface area contributed by atoms with E-state index < -0.39 is 6.10 Å². The van der Waals surface area contributed by atoms with Crippen molar-refractivity contribution in [2.45, 2.75) is 12.5 Å². The zero-order valence-corrected chi connectivity index (χ0v) is 8.82. The van der Waals surface area contributed by atoms with E-state index in [-0.39, 0.29) is 18.0 Å².